The van der Waals surface area contributed by atoms with E-state index in [0.717, 1.165) is 35.7 Å². The lowest BCUT2D eigenvalue weighted by Crippen LogP contribution is -2.24. The zero-order valence-electron chi connectivity index (χ0n) is 16.1. The van der Waals surface area contributed by atoms with Crippen LogP contribution in [0.4, 0.5) is 10.1 Å². The smallest absolute Gasteiger partial charge is 0.195 e. The zero-order chi connectivity index (χ0) is 20.4. The molecule has 6 nitrogen and oxygen atoms in total. The highest BCUT2D eigenvalue weighted by molar-refractivity contribution is 6.20. The first kappa shape index (κ1) is 17.5. The molecule has 2 aromatic heterocycles. The van der Waals surface area contributed by atoms with Gasteiger partial charge in [-0.1, -0.05) is 0 Å². The average molecular weight is 402 g/mol. The standard InChI is InChI=1S/C23H19FN4O2/c24-18-6-5-13(17-11-28(27-22(17)18)19-7-9-30-19)23(29)16-10-15(12-3-4-12)21-14(20(16)25)2-1-8-26-21/h1-2,5-6,8,10-12,19H,3-4,7,9,25H2. The Bertz CT molecular complexity index is 1340. The highest BCUT2D eigenvalue weighted by Crippen LogP contribution is 2.45. The highest BCUT2D eigenvalue weighted by atomic mass is 19.1. The molecule has 0 spiro atoms. The molecule has 1 aliphatic carbocycles. The second-order valence-electron chi connectivity index (χ2n) is 8.01. The summed E-state index contributed by atoms with van der Waals surface area (Å²) >= 11 is 0. The molecule has 3 heterocycles. The summed E-state index contributed by atoms with van der Waals surface area (Å²) in [6, 6.07) is 8.39. The Morgan fingerprint density at radius 2 is 1.97 bits per heavy atom. The molecule has 2 aliphatic rings. The number of fused-ring (bicyclic) bond motifs is 2. The van der Waals surface area contributed by atoms with E-state index in [1.165, 1.54) is 12.1 Å². The summed E-state index contributed by atoms with van der Waals surface area (Å²) in [7, 11) is 0. The number of nitrogen functional groups attached to an aromatic ring is 1. The molecule has 1 saturated heterocycles. The van der Waals surface area contributed by atoms with Crippen molar-refractivity contribution in [1.82, 2.24) is 14.8 Å². The second-order valence-corrected chi connectivity index (χ2v) is 8.01. The molecule has 1 aliphatic heterocycles. The minimum absolute atomic E-state index is 0.166. The minimum atomic E-state index is -0.464. The van der Waals surface area contributed by atoms with Gasteiger partial charge in [0, 0.05) is 40.7 Å². The van der Waals surface area contributed by atoms with Crippen molar-refractivity contribution in [1.29, 1.82) is 0 Å². The number of ether oxygens (including phenoxy) is 1. The number of carbonyl (C=O) groups is 1. The molecule has 6 rings (SSSR count). The van der Waals surface area contributed by atoms with Crippen molar-refractivity contribution in [3.8, 4) is 0 Å². The number of aromatic nitrogens is 3. The van der Waals surface area contributed by atoms with Gasteiger partial charge in [-0.05, 0) is 54.7 Å². The van der Waals surface area contributed by atoms with Crippen molar-refractivity contribution < 1.29 is 13.9 Å². The van der Waals surface area contributed by atoms with Crippen molar-refractivity contribution in [2.24, 2.45) is 0 Å². The van der Waals surface area contributed by atoms with Crippen molar-refractivity contribution >= 4 is 33.3 Å². The molecular formula is C23H19FN4O2. The Morgan fingerprint density at radius 1 is 1.13 bits per heavy atom. The quantitative estimate of drug-likeness (QED) is 0.406. The van der Waals surface area contributed by atoms with E-state index in [2.05, 4.69) is 10.1 Å². The van der Waals surface area contributed by atoms with Crippen molar-refractivity contribution in [2.75, 3.05) is 12.3 Å². The molecule has 1 saturated carbocycles. The van der Waals surface area contributed by atoms with E-state index < -0.39 is 5.82 Å². The van der Waals surface area contributed by atoms with E-state index in [4.69, 9.17) is 10.5 Å². The van der Waals surface area contributed by atoms with Crippen LogP contribution < -0.4 is 5.73 Å². The van der Waals surface area contributed by atoms with Crippen LogP contribution in [0, 0.1) is 5.82 Å². The fourth-order valence-electron chi connectivity index (χ4n) is 4.21. The predicted molar refractivity (Wildman–Crippen MR) is 111 cm³/mol. The van der Waals surface area contributed by atoms with Gasteiger partial charge in [-0.2, -0.15) is 5.10 Å². The maximum absolute atomic E-state index is 14.4. The lowest BCUT2D eigenvalue weighted by Gasteiger charge is -2.26. The van der Waals surface area contributed by atoms with Crippen LogP contribution in [0.3, 0.4) is 0 Å². The maximum Gasteiger partial charge on any atom is 0.195 e. The molecule has 2 fully saturated rings. The molecule has 2 N–H and O–H groups in total. The number of benzene rings is 2. The highest BCUT2D eigenvalue weighted by Gasteiger charge is 2.30. The third-order valence-electron chi connectivity index (χ3n) is 6.08. The molecule has 4 aromatic rings. The largest absolute Gasteiger partial charge is 0.398 e. The summed E-state index contributed by atoms with van der Waals surface area (Å²) in [6.45, 7) is 0.654. The monoisotopic (exact) mass is 402 g/mol. The van der Waals surface area contributed by atoms with Crippen LogP contribution in [-0.4, -0.2) is 27.2 Å². The van der Waals surface area contributed by atoms with E-state index in [-0.39, 0.29) is 17.5 Å². The summed E-state index contributed by atoms with van der Waals surface area (Å²) in [4.78, 5) is 18.1. The lowest BCUT2D eigenvalue weighted by molar-refractivity contribution is -0.106. The average Bonchev–Trinajstić information content (AvgIpc) is 3.46. The number of pyridine rings is 1. The van der Waals surface area contributed by atoms with Crippen LogP contribution >= 0.6 is 0 Å². The molecule has 150 valence electrons. The number of hydrogen-bond donors (Lipinski definition) is 1. The minimum Gasteiger partial charge on any atom is -0.398 e. The van der Waals surface area contributed by atoms with Gasteiger partial charge in [0.2, 0.25) is 0 Å². The number of nitrogens with two attached hydrogens (primary N) is 1. The molecular weight excluding hydrogens is 383 g/mol. The summed E-state index contributed by atoms with van der Waals surface area (Å²) in [5.41, 5.74) is 9.72. The van der Waals surface area contributed by atoms with Crippen molar-refractivity contribution in [3.63, 3.8) is 0 Å². The molecule has 0 bridgehead atoms. The van der Waals surface area contributed by atoms with Crippen LogP contribution in [0.1, 0.15) is 52.9 Å². The molecule has 1 atom stereocenters. The first-order valence-corrected chi connectivity index (χ1v) is 10.1. The Balaban J connectivity index is 1.54. The fourth-order valence-corrected chi connectivity index (χ4v) is 4.21. The number of ketones is 1. The molecule has 30 heavy (non-hydrogen) atoms. The van der Waals surface area contributed by atoms with E-state index >= 15 is 0 Å². The fraction of sp³-hybridized carbons (Fsp3) is 0.261. The van der Waals surface area contributed by atoms with Gasteiger partial charge >= 0.3 is 0 Å². The van der Waals surface area contributed by atoms with Crippen molar-refractivity contribution in [2.45, 2.75) is 31.4 Å². The molecule has 1 unspecified atom stereocenters. The van der Waals surface area contributed by atoms with Gasteiger partial charge in [0.05, 0.1) is 17.8 Å². The molecule has 2 aromatic carbocycles. The Kier molecular flexibility index (Phi) is 3.70. The molecule has 0 amide bonds. The summed E-state index contributed by atoms with van der Waals surface area (Å²) in [5, 5.41) is 5.57. The zero-order valence-corrected chi connectivity index (χ0v) is 16.1. The van der Waals surface area contributed by atoms with Gasteiger partial charge in [0.1, 0.15) is 5.52 Å². The first-order chi connectivity index (χ1) is 14.6. The number of halogens is 1. The topological polar surface area (TPSA) is 83.0 Å². The van der Waals surface area contributed by atoms with E-state index in [0.29, 0.717) is 34.7 Å². The van der Waals surface area contributed by atoms with E-state index in [9.17, 15) is 9.18 Å². The van der Waals surface area contributed by atoms with E-state index in [1.807, 2.05) is 18.2 Å². The van der Waals surface area contributed by atoms with Crippen LogP contribution in [0.25, 0.3) is 21.8 Å². The number of rotatable bonds is 4. The first-order valence-electron chi connectivity index (χ1n) is 10.1. The predicted octanol–water partition coefficient (Wildman–Crippen LogP) is 4.33. The van der Waals surface area contributed by atoms with Crippen LogP contribution in [0.5, 0.6) is 0 Å². The Morgan fingerprint density at radius 3 is 2.70 bits per heavy atom. The summed E-state index contributed by atoms with van der Waals surface area (Å²) in [5.74, 6) is -0.297. The molecule has 7 heteroatoms. The van der Waals surface area contributed by atoms with Gasteiger partial charge in [-0.3, -0.25) is 9.78 Å². The number of hydrogen-bond acceptors (Lipinski definition) is 5. The number of carbonyl (C=O) groups excluding carboxylic acids is 1. The van der Waals surface area contributed by atoms with Gasteiger partial charge in [0.15, 0.2) is 17.8 Å². The maximum atomic E-state index is 14.4. The van der Waals surface area contributed by atoms with Gasteiger partial charge in [-0.15, -0.1) is 0 Å². The van der Waals surface area contributed by atoms with E-state index in [1.54, 1.807) is 17.1 Å². The van der Waals surface area contributed by atoms with Crippen LogP contribution in [-0.2, 0) is 4.74 Å². The number of nitrogens with zero attached hydrogens (tertiary/aromatic N) is 3. The summed E-state index contributed by atoms with van der Waals surface area (Å²) < 4.78 is 21.5. The van der Waals surface area contributed by atoms with Crippen LogP contribution in [0.2, 0.25) is 0 Å². The van der Waals surface area contributed by atoms with Gasteiger partial charge < -0.3 is 10.5 Å². The lowest BCUT2D eigenvalue weighted by atomic mass is 9.93. The van der Waals surface area contributed by atoms with Gasteiger partial charge in [0.25, 0.3) is 0 Å². The molecule has 0 radical (unpaired) electrons. The normalized spacial score (nSPS) is 18.6. The van der Waals surface area contributed by atoms with Gasteiger partial charge in [-0.25, -0.2) is 9.07 Å². The third-order valence-corrected chi connectivity index (χ3v) is 6.08. The Hall–Kier alpha value is -3.32. The van der Waals surface area contributed by atoms with Crippen LogP contribution in [0.15, 0.2) is 42.7 Å². The number of anilines is 1. The third kappa shape index (κ3) is 2.55. The summed E-state index contributed by atoms with van der Waals surface area (Å²) in [6.07, 6.45) is 6.20. The van der Waals surface area contributed by atoms with Crippen molar-refractivity contribution in [3.05, 3.63) is 65.2 Å². The SMILES string of the molecule is Nc1c(C(=O)c2ccc(F)c3nn(C4CCO4)cc23)cc(C2CC2)c2ncccc12. The Labute approximate surface area is 171 Å². The second kappa shape index (κ2) is 6.34.